The Labute approximate surface area is 69.8 Å². The molecule has 2 atom stereocenters. The molecule has 4 nitrogen and oxygen atoms in total. The molecule has 4 heteroatoms. The maximum atomic E-state index is 11.1. The zero-order valence-electron chi connectivity index (χ0n) is 6.74. The predicted molar refractivity (Wildman–Crippen MR) is 40.4 cm³/mol. The Balaban J connectivity index is 2.85. The van der Waals surface area contributed by atoms with E-state index in [1.165, 1.54) is 13.2 Å². The molecule has 0 aromatic rings. The van der Waals surface area contributed by atoms with E-state index in [0.29, 0.717) is 6.42 Å². The average molecular weight is 170 g/mol. The number of hydrogen-bond acceptors (Lipinski definition) is 3. The van der Waals surface area contributed by atoms with Gasteiger partial charge in [0, 0.05) is 5.92 Å². The number of ether oxygens (including phenoxy) is 1. The van der Waals surface area contributed by atoms with Crippen LogP contribution in [-0.4, -0.2) is 24.2 Å². The van der Waals surface area contributed by atoms with E-state index in [1.807, 2.05) is 0 Å². The number of esters is 1. The Bertz CT molecular complexity index is 245. The fourth-order valence-corrected chi connectivity index (χ4v) is 1.32. The van der Waals surface area contributed by atoms with Gasteiger partial charge in [-0.25, -0.2) is 0 Å². The summed E-state index contributed by atoms with van der Waals surface area (Å²) in [4.78, 5) is 21.8. The van der Waals surface area contributed by atoms with Crippen molar-refractivity contribution >= 4 is 11.9 Å². The van der Waals surface area contributed by atoms with Crippen molar-refractivity contribution in [1.82, 2.24) is 0 Å². The van der Waals surface area contributed by atoms with Gasteiger partial charge in [-0.3, -0.25) is 9.59 Å². The summed E-state index contributed by atoms with van der Waals surface area (Å²) >= 11 is 0. The Hall–Kier alpha value is -1.32. The first-order chi connectivity index (χ1) is 5.59. The maximum Gasteiger partial charge on any atom is 0.323 e. The summed E-state index contributed by atoms with van der Waals surface area (Å²) in [6, 6.07) is 0. The molecular weight excluding hydrogens is 160 g/mol. The second kappa shape index (κ2) is 2.62. The number of carboxylic acid groups (broad SMARTS) is 1. The van der Waals surface area contributed by atoms with E-state index in [9.17, 15) is 9.59 Å². The fraction of sp³-hybridized carbons (Fsp3) is 0.500. The third-order valence-corrected chi connectivity index (χ3v) is 2.23. The molecule has 0 heterocycles. The molecule has 0 saturated heterocycles. The number of allylic oxidation sites excluding steroid dienone is 1. The second-order valence-corrected chi connectivity index (χ2v) is 2.81. The van der Waals surface area contributed by atoms with Crippen molar-refractivity contribution < 1.29 is 19.4 Å². The highest BCUT2D eigenvalue weighted by Gasteiger charge is 2.66. The lowest BCUT2D eigenvalue weighted by atomic mass is 10.1. The van der Waals surface area contributed by atoms with Gasteiger partial charge in [-0.05, 0) is 6.42 Å². The van der Waals surface area contributed by atoms with E-state index in [-0.39, 0.29) is 5.92 Å². The Kier molecular flexibility index (Phi) is 1.92. The summed E-state index contributed by atoms with van der Waals surface area (Å²) < 4.78 is 4.40. The van der Waals surface area contributed by atoms with Gasteiger partial charge in [0.25, 0.3) is 0 Å². The SMILES string of the molecule is C=CC1CC1(C(=O)O)C(=O)OC. The van der Waals surface area contributed by atoms with Gasteiger partial charge < -0.3 is 9.84 Å². The molecule has 1 aliphatic rings. The molecule has 2 unspecified atom stereocenters. The molecule has 0 amide bonds. The van der Waals surface area contributed by atoms with E-state index < -0.39 is 17.4 Å². The summed E-state index contributed by atoms with van der Waals surface area (Å²) in [5, 5.41) is 8.76. The highest BCUT2D eigenvalue weighted by atomic mass is 16.5. The molecule has 1 rings (SSSR count). The number of carboxylic acids is 1. The first-order valence-corrected chi connectivity index (χ1v) is 3.54. The van der Waals surface area contributed by atoms with Crippen LogP contribution in [0.1, 0.15) is 6.42 Å². The number of rotatable bonds is 3. The molecular formula is C8H10O4. The van der Waals surface area contributed by atoms with Crippen molar-refractivity contribution in [2.75, 3.05) is 7.11 Å². The summed E-state index contributed by atoms with van der Waals surface area (Å²) in [7, 11) is 1.19. The molecule has 0 radical (unpaired) electrons. The third-order valence-electron chi connectivity index (χ3n) is 2.23. The van der Waals surface area contributed by atoms with E-state index in [0.717, 1.165) is 0 Å². The van der Waals surface area contributed by atoms with Crippen LogP contribution in [0.25, 0.3) is 0 Å². The van der Waals surface area contributed by atoms with E-state index in [2.05, 4.69) is 11.3 Å². The molecule has 1 saturated carbocycles. The zero-order valence-corrected chi connectivity index (χ0v) is 6.74. The van der Waals surface area contributed by atoms with E-state index >= 15 is 0 Å². The van der Waals surface area contributed by atoms with Crippen molar-refractivity contribution in [2.45, 2.75) is 6.42 Å². The summed E-state index contributed by atoms with van der Waals surface area (Å²) in [6.45, 7) is 3.45. The molecule has 0 bridgehead atoms. The van der Waals surface area contributed by atoms with Crippen LogP contribution >= 0.6 is 0 Å². The van der Waals surface area contributed by atoms with Crippen LogP contribution in [0.3, 0.4) is 0 Å². The van der Waals surface area contributed by atoms with Gasteiger partial charge in [0.1, 0.15) is 0 Å². The predicted octanol–water partition coefficient (Wildman–Crippen LogP) is 0.436. The Morgan fingerprint density at radius 3 is 2.58 bits per heavy atom. The maximum absolute atomic E-state index is 11.1. The highest BCUT2D eigenvalue weighted by molar-refractivity contribution is 6.03. The van der Waals surface area contributed by atoms with Crippen molar-refractivity contribution in [2.24, 2.45) is 11.3 Å². The summed E-state index contributed by atoms with van der Waals surface area (Å²) in [6.07, 6.45) is 1.78. The molecule has 0 aromatic heterocycles. The first kappa shape index (κ1) is 8.77. The van der Waals surface area contributed by atoms with Crippen LogP contribution in [0.5, 0.6) is 0 Å². The molecule has 66 valence electrons. The molecule has 1 fully saturated rings. The number of carbonyl (C=O) groups excluding carboxylic acids is 1. The quantitative estimate of drug-likeness (QED) is 0.379. The lowest BCUT2D eigenvalue weighted by Gasteiger charge is -2.06. The van der Waals surface area contributed by atoms with E-state index in [4.69, 9.17) is 5.11 Å². The van der Waals surface area contributed by atoms with Gasteiger partial charge in [0.15, 0.2) is 5.41 Å². The number of hydrogen-bond donors (Lipinski definition) is 1. The van der Waals surface area contributed by atoms with E-state index in [1.54, 1.807) is 0 Å². The monoisotopic (exact) mass is 170 g/mol. The van der Waals surface area contributed by atoms with Crippen molar-refractivity contribution in [3.8, 4) is 0 Å². The minimum absolute atomic E-state index is 0.276. The summed E-state index contributed by atoms with van der Waals surface area (Å²) in [5.41, 5.74) is -1.34. The molecule has 0 aromatic carbocycles. The Morgan fingerprint density at radius 1 is 1.75 bits per heavy atom. The van der Waals surface area contributed by atoms with Gasteiger partial charge >= 0.3 is 11.9 Å². The second-order valence-electron chi connectivity index (χ2n) is 2.81. The topological polar surface area (TPSA) is 63.6 Å². The number of carbonyl (C=O) groups is 2. The normalized spacial score (nSPS) is 32.2. The molecule has 0 spiro atoms. The van der Waals surface area contributed by atoms with Gasteiger partial charge in [-0.2, -0.15) is 0 Å². The van der Waals surface area contributed by atoms with Crippen molar-refractivity contribution in [3.05, 3.63) is 12.7 Å². The van der Waals surface area contributed by atoms with Crippen LogP contribution < -0.4 is 0 Å². The van der Waals surface area contributed by atoms with Crippen LogP contribution in [-0.2, 0) is 14.3 Å². The van der Waals surface area contributed by atoms with Gasteiger partial charge in [0.05, 0.1) is 7.11 Å². The van der Waals surface area contributed by atoms with Crippen molar-refractivity contribution in [1.29, 1.82) is 0 Å². The standard InChI is InChI=1S/C8H10O4/c1-3-5-4-8(5,6(9)10)7(11)12-2/h3,5H,1,4H2,2H3,(H,9,10). The first-order valence-electron chi connectivity index (χ1n) is 3.54. The fourth-order valence-electron chi connectivity index (χ4n) is 1.32. The zero-order chi connectivity index (χ0) is 9.35. The van der Waals surface area contributed by atoms with Crippen molar-refractivity contribution in [3.63, 3.8) is 0 Å². The van der Waals surface area contributed by atoms with Crippen LogP contribution in [0.15, 0.2) is 12.7 Å². The molecule has 1 aliphatic carbocycles. The lowest BCUT2D eigenvalue weighted by Crippen LogP contribution is -2.28. The number of methoxy groups -OCH3 is 1. The molecule has 1 N–H and O–H groups in total. The van der Waals surface area contributed by atoms with Gasteiger partial charge in [-0.15, -0.1) is 6.58 Å². The third kappa shape index (κ3) is 0.913. The van der Waals surface area contributed by atoms with Crippen LogP contribution in [0.2, 0.25) is 0 Å². The lowest BCUT2D eigenvalue weighted by molar-refractivity contribution is -0.159. The molecule has 12 heavy (non-hydrogen) atoms. The van der Waals surface area contributed by atoms with Crippen LogP contribution in [0, 0.1) is 11.3 Å². The molecule has 0 aliphatic heterocycles. The van der Waals surface area contributed by atoms with Gasteiger partial charge in [-0.1, -0.05) is 6.08 Å². The summed E-state index contributed by atoms with van der Waals surface area (Å²) in [5.74, 6) is -2.08. The number of aliphatic carboxylic acids is 1. The minimum Gasteiger partial charge on any atom is -0.480 e. The average Bonchev–Trinajstić information content (AvgIpc) is 2.78. The smallest absolute Gasteiger partial charge is 0.323 e. The van der Waals surface area contributed by atoms with Crippen LogP contribution in [0.4, 0.5) is 0 Å². The minimum atomic E-state index is -1.34. The Morgan fingerprint density at radius 2 is 2.33 bits per heavy atom. The largest absolute Gasteiger partial charge is 0.480 e. The van der Waals surface area contributed by atoms with Gasteiger partial charge in [0.2, 0.25) is 0 Å². The highest BCUT2D eigenvalue weighted by Crippen LogP contribution is 2.54.